The maximum atomic E-state index is 11.5. The van der Waals surface area contributed by atoms with Gasteiger partial charge in [0.1, 0.15) is 12.1 Å². The maximum absolute atomic E-state index is 11.5. The van der Waals surface area contributed by atoms with Crippen molar-refractivity contribution in [3.8, 4) is 0 Å². The molecule has 5 heteroatoms. The highest BCUT2D eigenvalue weighted by molar-refractivity contribution is 6.05. The zero-order valence-corrected chi connectivity index (χ0v) is 8.29. The number of aromatic nitrogens is 3. The van der Waals surface area contributed by atoms with Crippen LogP contribution < -0.4 is 0 Å². The van der Waals surface area contributed by atoms with Crippen LogP contribution in [0.15, 0.2) is 42.7 Å². The summed E-state index contributed by atoms with van der Waals surface area (Å²) in [5, 5.41) is 15.7. The Labute approximate surface area is 91.5 Å². The predicted octanol–water partition coefficient (Wildman–Crippen LogP) is 1.59. The number of allylic oxidation sites excluding steroid dienone is 1. The van der Waals surface area contributed by atoms with E-state index in [2.05, 4.69) is 15.2 Å². The normalized spacial score (nSPS) is 11.4. The zero-order chi connectivity index (χ0) is 11.4. The molecule has 1 heterocycles. The summed E-state index contributed by atoms with van der Waals surface area (Å²) in [4.78, 5) is 15.2. The molecule has 0 saturated heterocycles. The Balaban J connectivity index is 2.23. The molecular weight excluding hydrogens is 206 g/mol. The van der Waals surface area contributed by atoms with Gasteiger partial charge in [-0.3, -0.25) is 9.89 Å². The summed E-state index contributed by atoms with van der Waals surface area (Å²) in [6, 6.07) is 8.80. The van der Waals surface area contributed by atoms with Crippen molar-refractivity contribution in [2.45, 2.75) is 0 Å². The van der Waals surface area contributed by atoms with Crippen LogP contribution in [0, 0.1) is 0 Å². The van der Waals surface area contributed by atoms with Crippen LogP contribution in [0.5, 0.6) is 0 Å². The molecule has 0 radical (unpaired) electrons. The molecule has 0 fully saturated rings. The summed E-state index contributed by atoms with van der Waals surface area (Å²) < 4.78 is 0. The molecule has 0 saturated carbocycles. The minimum Gasteiger partial charge on any atom is -0.507 e. The summed E-state index contributed by atoms with van der Waals surface area (Å²) in [7, 11) is 0. The highest BCUT2D eigenvalue weighted by Gasteiger charge is 2.07. The first-order chi connectivity index (χ1) is 7.77. The number of ketones is 1. The lowest BCUT2D eigenvalue weighted by atomic mass is 10.1. The van der Waals surface area contributed by atoms with Gasteiger partial charge >= 0.3 is 0 Å². The van der Waals surface area contributed by atoms with Gasteiger partial charge in [-0.15, -0.1) is 0 Å². The Morgan fingerprint density at radius 1 is 1.31 bits per heavy atom. The third-order valence-corrected chi connectivity index (χ3v) is 1.99. The van der Waals surface area contributed by atoms with Crippen LogP contribution in [0.25, 0.3) is 5.76 Å². The largest absolute Gasteiger partial charge is 0.507 e. The molecule has 0 aliphatic carbocycles. The number of hydrogen-bond donors (Lipinski definition) is 2. The number of H-pyrrole nitrogens is 1. The quantitative estimate of drug-likeness (QED) is 0.463. The first-order valence-corrected chi connectivity index (χ1v) is 4.63. The summed E-state index contributed by atoms with van der Waals surface area (Å²) in [5.74, 6) is -0.414. The Kier molecular flexibility index (Phi) is 2.77. The van der Waals surface area contributed by atoms with E-state index in [1.54, 1.807) is 24.3 Å². The number of aliphatic hydroxyl groups is 1. The number of aromatic amines is 1. The zero-order valence-electron chi connectivity index (χ0n) is 8.29. The molecule has 0 bridgehead atoms. The Morgan fingerprint density at radius 3 is 2.69 bits per heavy atom. The van der Waals surface area contributed by atoms with Crippen molar-refractivity contribution in [1.29, 1.82) is 0 Å². The second-order valence-corrected chi connectivity index (χ2v) is 3.09. The van der Waals surface area contributed by atoms with Gasteiger partial charge in [-0.05, 0) is 0 Å². The fraction of sp³-hybridized carbons (Fsp3) is 0. The highest BCUT2D eigenvalue weighted by atomic mass is 16.3. The van der Waals surface area contributed by atoms with Crippen molar-refractivity contribution in [3.05, 3.63) is 54.1 Å². The van der Waals surface area contributed by atoms with E-state index in [9.17, 15) is 9.90 Å². The van der Waals surface area contributed by atoms with Crippen LogP contribution >= 0.6 is 0 Å². The van der Waals surface area contributed by atoms with Crippen molar-refractivity contribution < 1.29 is 9.90 Å². The van der Waals surface area contributed by atoms with Gasteiger partial charge in [0.2, 0.25) is 5.78 Å². The Morgan fingerprint density at radius 2 is 2.06 bits per heavy atom. The van der Waals surface area contributed by atoms with Crippen LogP contribution in [0.1, 0.15) is 16.2 Å². The third-order valence-electron chi connectivity index (χ3n) is 1.99. The molecule has 2 rings (SSSR count). The summed E-state index contributed by atoms with van der Waals surface area (Å²) in [6.07, 6.45) is 2.34. The van der Waals surface area contributed by atoms with E-state index in [1.807, 2.05) is 6.07 Å². The second-order valence-electron chi connectivity index (χ2n) is 3.09. The van der Waals surface area contributed by atoms with Gasteiger partial charge in [0.15, 0.2) is 5.82 Å². The summed E-state index contributed by atoms with van der Waals surface area (Å²) in [6.45, 7) is 0. The minimum absolute atomic E-state index is 0.0954. The van der Waals surface area contributed by atoms with Crippen molar-refractivity contribution in [1.82, 2.24) is 15.2 Å². The minimum atomic E-state index is -0.418. The lowest BCUT2D eigenvalue weighted by Crippen LogP contribution is -1.99. The fourth-order valence-corrected chi connectivity index (χ4v) is 1.21. The van der Waals surface area contributed by atoms with Gasteiger partial charge < -0.3 is 5.11 Å². The Bertz CT molecular complexity index is 503. The van der Waals surface area contributed by atoms with Crippen LogP contribution in [0.4, 0.5) is 0 Å². The lowest BCUT2D eigenvalue weighted by Gasteiger charge is -1.98. The topological polar surface area (TPSA) is 78.9 Å². The summed E-state index contributed by atoms with van der Waals surface area (Å²) >= 11 is 0. The SMILES string of the molecule is O=C(/C=C(\O)c1ccccc1)c1ncn[nH]1. The van der Waals surface area contributed by atoms with Crippen molar-refractivity contribution >= 4 is 11.5 Å². The first kappa shape index (κ1) is 10.1. The van der Waals surface area contributed by atoms with E-state index in [4.69, 9.17) is 0 Å². The van der Waals surface area contributed by atoms with Crippen LogP contribution in [0.2, 0.25) is 0 Å². The van der Waals surface area contributed by atoms with Gasteiger partial charge in [-0.2, -0.15) is 5.10 Å². The van der Waals surface area contributed by atoms with Crippen LogP contribution in [-0.4, -0.2) is 26.1 Å². The molecule has 16 heavy (non-hydrogen) atoms. The van der Waals surface area contributed by atoms with E-state index in [0.29, 0.717) is 5.56 Å². The molecule has 80 valence electrons. The van der Waals surface area contributed by atoms with Crippen LogP contribution in [0.3, 0.4) is 0 Å². The molecule has 0 amide bonds. The molecule has 0 spiro atoms. The number of nitrogens with one attached hydrogen (secondary N) is 1. The van der Waals surface area contributed by atoms with Gasteiger partial charge in [0.05, 0.1) is 0 Å². The number of carbonyl (C=O) groups is 1. The van der Waals surface area contributed by atoms with Crippen LogP contribution in [-0.2, 0) is 0 Å². The molecule has 5 nitrogen and oxygen atoms in total. The number of carbonyl (C=O) groups excluding carboxylic acids is 1. The van der Waals surface area contributed by atoms with Gasteiger partial charge in [-0.1, -0.05) is 30.3 Å². The van der Waals surface area contributed by atoms with E-state index >= 15 is 0 Å². The average molecular weight is 215 g/mol. The monoisotopic (exact) mass is 215 g/mol. The highest BCUT2D eigenvalue weighted by Crippen LogP contribution is 2.10. The molecule has 0 aliphatic rings. The molecule has 0 atom stereocenters. The fourth-order valence-electron chi connectivity index (χ4n) is 1.21. The standard InChI is InChI=1S/C11H9N3O2/c15-9(8-4-2-1-3-5-8)6-10(16)11-12-7-13-14-11/h1-7,15H,(H,12,13,14)/b9-6-. The number of rotatable bonds is 3. The van der Waals surface area contributed by atoms with Crippen molar-refractivity contribution in [2.75, 3.05) is 0 Å². The number of hydrogen-bond acceptors (Lipinski definition) is 4. The lowest BCUT2D eigenvalue weighted by molar-refractivity contribution is 0.103. The van der Waals surface area contributed by atoms with Gasteiger partial charge in [-0.25, -0.2) is 4.98 Å². The van der Waals surface area contributed by atoms with E-state index in [-0.39, 0.29) is 11.6 Å². The molecule has 2 aromatic rings. The number of benzene rings is 1. The average Bonchev–Trinajstić information content (AvgIpc) is 2.83. The number of aliphatic hydroxyl groups excluding tert-OH is 1. The van der Waals surface area contributed by atoms with Crippen molar-refractivity contribution in [2.24, 2.45) is 0 Å². The third kappa shape index (κ3) is 2.14. The molecular formula is C11H9N3O2. The molecule has 0 unspecified atom stereocenters. The smallest absolute Gasteiger partial charge is 0.226 e. The molecule has 1 aromatic heterocycles. The summed E-state index contributed by atoms with van der Waals surface area (Å²) in [5.41, 5.74) is 0.579. The Hall–Kier alpha value is -2.43. The van der Waals surface area contributed by atoms with E-state index in [0.717, 1.165) is 6.08 Å². The van der Waals surface area contributed by atoms with Crippen molar-refractivity contribution in [3.63, 3.8) is 0 Å². The second kappa shape index (κ2) is 4.39. The van der Waals surface area contributed by atoms with Gasteiger partial charge in [0, 0.05) is 11.6 Å². The van der Waals surface area contributed by atoms with E-state index in [1.165, 1.54) is 6.33 Å². The predicted molar refractivity (Wildman–Crippen MR) is 57.8 cm³/mol. The van der Waals surface area contributed by atoms with Gasteiger partial charge in [0.25, 0.3) is 0 Å². The first-order valence-electron chi connectivity index (χ1n) is 4.63. The molecule has 1 aromatic carbocycles. The number of nitrogens with zero attached hydrogens (tertiary/aromatic N) is 2. The van der Waals surface area contributed by atoms with E-state index < -0.39 is 5.78 Å². The molecule has 0 aliphatic heterocycles. The molecule has 2 N–H and O–H groups in total. The maximum Gasteiger partial charge on any atom is 0.226 e.